The number of alkyl carbamates (subject to hydrolysis) is 1. The van der Waals surface area contributed by atoms with E-state index in [4.69, 9.17) is 10.5 Å². The van der Waals surface area contributed by atoms with Crippen molar-refractivity contribution in [3.8, 4) is 0 Å². The zero-order valence-electron chi connectivity index (χ0n) is 13.6. The molecule has 0 aliphatic carbocycles. The molecule has 1 amide bonds. The van der Waals surface area contributed by atoms with Crippen LogP contribution >= 0.6 is 0 Å². The average Bonchev–Trinajstić information content (AvgIpc) is 2.73. The number of carbonyl (C=O) groups excluding carboxylic acids is 1. The van der Waals surface area contributed by atoms with E-state index in [1.54, 1.807) is 0 Å². The van der Waals surface area contributed by atoms with E-state index in [9.17, 15) is 4.79 Å². The monoisotopic (exact) mass is 304 g/mol. The molecule has 1 atom stereocenters. The highest BCUT2D eigenvalue weighted by Crippen LogP contribution is 2.18. The third-order valence-electron chi connectivity index (χ3n) is 3.28. The number of nitrogens with two attached hydrogens (primary N) is 1. The summed E-state index contributed by atoms with van der Waals surface area (Å²) >= 11 is 0. The number of aryl methyl sites for hydroxylation is 1. The van der Waals surface area contributed by atoms with Crippen LogP contribution in [0, 0.1) is 0 Å². The van der Waals surface area contributed by atoms with Gasteiger partial charge < -0.3 is 15.8 Å². The molecule has 0 bridgehead atoms. The van der Waals surface area contributed by atoms with Gasteiger partial charge >= 0.3 is 6.09 Å². The molecular formula is C16H24N4O2. The number of hydrogen-bond donors (Lipinski definition) is 2. The van der Waals surface area contributed by atoms with Gasteiger partial charge in [-0.1, -0.05) is 18.2 Å². The minimum absolute atomic E-state index is 0.215. The van der Waals surface area contributed by atoms with Crippen LogP contribution in [0.2, 0.25) is 0 Å². The molecule has 2 aromatic rings. The average molecular weight is 304 g/mol. The Morgan fingerprint density at radius 2 is 2.09 bits per heavy atom. The van der Waals surface area contributed by atoms with Gasteiger partial charge in [0.1, 0.15) is 5.60 Å². The van der Waals surface area contributed by atoms with Crippen LogP contribution in [-0.2, 0) is 18.2 Å². The summed E-state index contributed by atoms with van der Waals surface area (Å²) < 4.78 is 7.11. The topological polar surface area (TPSA) is 82.2 Å². The van der Waals surface area contributed by atoms with Crippen molar-refractivity contribution < 1.29 is 9.53 Å². The molecule has 22 heavy (non-hydrogen) atoms. The summed E-state index contributed by atoms with van der Waals surface area (Å²) in [7, 11) is 1.91. The Morgan fingerprint density at radius 1 is 1.41 bits per heavy atom. The first-order chi connectivity index (χ1) is 10.3. The van der Waals surface area contributed by atoms with Crippen molar-refractivity contribution in [3.05, 3.63) is 30.0 Å². The summed E-state index contributed by atoms with van der Waals surface area (Å²) in [6, 6.07) is 7.79. The number of amides is 1. The summed E-state index contributed by atoms with van der Waals surface area (Å²) in [6.45, 7) is 5.81. The Kier molecular flexibility index (Phi) is 4.71. The van der Waals surface area contributed by atoms with E-state index in [1.165, 1.54) is 0 Å². The lowest BCUT2D eigenvalue weighted by Crippen LogP contribution is -2.44. The van der Waals surface area contributed by atoms with Gasteiger partial charge in [-0.3, -0.25) is 4.68 Å². The van der Waals surface area contributed by atoms with Gasteiger partial charge in [0.25, 0.3) is 0 Å². The van der Waals surface area contributed by atoms with Gasteiger partial charge in [0.15, 0.2) is 0 Å². The molecule has 0 aliphatic rings. The number of hydrogen-bond acceptors (Lipinski definition) is 4. The van der Waals surface area contributed by atoms with E-state index >= 15 is 0 Å². The molecule has 6 heteroatoms. The quantitative estimate of drug-likeness (QED) is 0.904. The zero-order chi connectivity index (χ0) is 16.3. The third kappa shape index (κ3) is 3.98. The van der Waals surface area contributed by atoms with Gasteiger partial charge in [-0.15, -0.1) is 0 Å². The van der Waals surface area contributed by atoms with Crippen LogP contribution in [0.1, 0.15) is 26.5 Å². The fraction of sp³-hybridized carbons (Fsp3) is 0.500. The lowest BCUT2D eigenvalue weighted by Gasteiger charge is -2.22. The first-order valence-corrected chi connectivity index (χ1v) is 7.40. The fourth-order valence-corrected chi connectivity index (χ4v) is 2.34. The van der Waals surface area contributed by atoms with Gasteiger partial charge in [-0.2, -0.15) is 5.10 Å². The summed E-state index contributed by atoms with van der Waals surface area (Å²) in [5.74, 6) is 0. The maximum Gasteiger partial charge on any atom is 0.407 e. The van der Waals surface area contributed by atoms with E-state index in [2.05, 4.69) is 10.4 Å². The van der Waals surface area contributed by atoms with Gasteiger partial charge in [-0.05, 0) is 26.8 Å². The van der Waals surface area contributed by atoms with Crippen molar-refractivity contribution >= 4 is 17.0 Å². The largest absolute Gasteiger partial charge is 0.444 e. The van der Waals surface area contributed by atoms with Crippen LogP contribution in [0.25, 0.3) is 10.9 Å². The predicted octanol–water partition coefficient (Wildman–Crippen LogP) is 1.97. The molecule has 0 radical (unpaired) electrons. The number of fused-ring (bicyclic) bond motifs is 1. The van der Waals surface area contributed by atoms with Gasteiger partial charge in [0, 0.05) is 25.4 Å². The number of carbonyl (C=O) groups is 1. The van der Waals surface area contributed by atoms with E-state index in [0.29, 0.717) is 13.0 Å². The Balaban J connectivity index is 2.11. The zero-order valence-corrected chi connectivity index (χ0v) is 13.6. The van der Waals surface area contributed by atoms with Crippen molar-refractivity contribution in [1.82, 2.24) is 15.1 Å². The number of nitrogens with zero attached hydrogens (tertiary/aromatic N) is 2. The maximum absolute atomic E-state index is 11.9. The smallest absolute Gasteiger partial charge is 0.407 e. The second-order valence-corrected chi connectivity index (χ2v) is 6.37. The van der Waals surface area contributed by atoms with E-state index in [0.717, 1.165) is 16.6 Å². The summed E-state index contributed by atoms with van der Waals surface area (Å²) in [5.41, 5.74) is 7.23. The summed E-state index contributed by atoms with van der Waals surface area (Å²) in [6.07, 6.45) is 0.111. The standard InChI is InChI=1S/C16H24N4O2/c1-16(2,3)22-15(21)18-11(10-17)9-13-12-7-5-6-8-14(12)20(4)19-13/h5-8,11H,9-10,17H2,1-4H3,(H,18,21). The molecule has 0 fully saturated rings. The molecule has 1 aromatic heterocycles. The van der Waals surface area contributed by atoms with Crippen LogP contribution in [-0.4, -0.2) is 34.1 Å². The first kappa shape index (κ1) is 16.3. The summed E-state index contributed by atoms with van der Waals surface area (Å²) in [5, 5.41) is 8.42. The number of aromatic nitrogens is 2. The predicted molar refractivity (Wildman–Crippen MR) is 86.6 cm³/mol. The minimum atomic E-state index is -0.527. The van der Waals surface area contributed by atoms with Gasteiger partial charge in [-0.25, -0.2) is 4.79 Å². The third-order valence-corrected chi connectivity index (χ3v) is 3.28. The van der Waals surface area contributed by atoms with E-state index in [1.807, 2.05) is 56.8 Å². The summed E-state index contributed by atoms with van der Waals surface area (Å²) in [4.78, 5) is 11.9. The fourth-order valence-electron chi connectivity index (χ4n) is 2.34. The number of benzene rings is 1. The lowest BCUT2D eigenvalue weighted by molar-refractivity contribution is 0.0506. The Bertz CT molecular complexity index is 658. The van der Waals surface area contributed by atoms with E-state index in [-0.39, 0.29) is 6.04 Å². The van der Waals surface area contributed by atoms with Crippen LogP contribution < -0.4 is 11.1 Å². The van der Waals surface area contributed by atoms with Gasteiger partial charge in [0.05, 0.1) is 17.3 Å². The van der Waals surface area contributed by atoms with Crippen LogP contribution in [0.4, 0.5) is 4.79 Å². The highest BCUT2D eigenvalue weighted by atomic mass is 16.6. The van der Waals surface area contributed by atoms with Crippen LogP contribution in [0.5, 0.6) is 0 Å². The van der Waals surface area contributed by atoms with Crippen LogP contribution in [0.15, 0.2) is 24.3 Å². The number of para-hydroxylation sites is 1. The van der Waals surface area contributed by atoms with Crippen molar-refractivity contribution in [2.75, 3.05) is 6.54 Å². The molecule has 0 spiro atoms. The van der Waals surface area contributed by atoms with Crippen molar-refractivity contribution in [3.63, 3.8) is 0 Å². The molecule has 0 saturated heterocycles. The molecule has 1 aromatic carbocycles. The Hall–Kier alpha value is -2.08. The van der Waals surface area contributed by atoms with Crippen molar-refractivity contribution in [1.29, 1.82) is 0 Å². The van der Waals surface area contributed by atoms with Crippen molar-refractivity contribution in [2.24, 2.45) is 12.8 Å². The SMILES string of the molecule is Cn1nc(CC(CN)NC(=O)OC(C)(C)C)c2ccccc21. The second-order valence-electron chi connectivity index (χ2n) is 6.37. The minimum Gasteiger partial charge on any atom is -0.444 e. The number of ether oxygens (including phenoxy) is 1. The lowest BCUT2D eigenvalue weighted by atomic mass is 10.1. The highest BCUT2D eigenvalue weighted by Gasteiger charge is 2.20. The molecule has 0 saturated carbocycles. The Morgan fingerprint density at radius 3 is 2.73 bits per heavy atom. The van der Waals surface area contributed by atoms with Crippen molar-refractivity contribution in [2.45, 2.75) is 38.8 Å². The normalized spacial score (nSPS) is 13.1. The molecule has 120 valence electrons. The highest BCUT2D eigenvalue weighted by molar-refractivity contribution is 5.82. The number of nitrogens with one attached hydrogen (secondary N) is 1. The molecule has 1 heterocycles. The number of rotatable bonds is 4. The molecule has 0 aliphatic heterocycles. The molecule has 1 unspecified atom stereocenters. The molecule has 6 nitrogen and oxygen atoms in total. The first-order valence-electron chi connectivity index (χ1n) is 7.40. The van der Waals surface area contributed by atoms with E-state index < -0.39 is 11.7 Å². The Labute approximate surface area is 130 Å². The van der Waals surface area contributed by atoms with Gasteiger partial charge in [0.2, 0.25) is 0 Å². The molecule has 2 rings (SSSR count). The molecule has 3 N–H and O–H groups in total. The second kappa shape index (κ2) is 6.36. The maximum atomic E-state index is 11.9. The van der Waals surface area contributed by atoms with Crippen LogP contribution in [0.3, 0.4) is 0 Å². The molecular weight excluding hydrogens is 280 g/mol.